The molecule has 0 bridgehead atoms. The Labute approximate surface area is 109 Å². The molecule has 4 nitrogen and oxygen atoms in total. The molecule has 1 N–H and O–H groups in total. The van der Waals surface area contributed by atoms with Gasteiger partial charge >= 0.3 is 6.18 Å². The molecule has 0 amide bonds. The minimum atomic E-state index is -4.43. The van der Waals surface area contributed by atoms with E-state index in [2.05, 4.69) is 4.98 Å². The number of halogens is 3. The maximum absolute atomic E-state index is 12.5. The van der Waals surface area contributed by atoms with E-state index in [9.17, 15) is 13.2 Å². The molecule has 1 aromatic heterocycles. The van der Waals surface area contributed by atoms with Crippen molar-refractivity contribution in [3.8, 4) is 6.07 Å². The first-order valence-corrected chi connectivity index (χ1v) is 5.59. The molecule has 0 spiro atoms. The van der Waals surface area contributed by atoms with Crippen molar-refractivity contribution in [2.24, 2.45) is 0 Å². The molecule has 0 aliphatic carbocycles. The van der Waals surface area contributed by atoms with Gasteiger partial charge in [-0.3, -0.25) is 0 Å². The molecule has 1 heterocycles. The van der Waals surface area contributed by atoms with Crippen LogP contribution < -0.4 is 4.90 Å². The first-order valence-electron chi connectivity index (χ1n) is 5.59. The van der Waals surface area contributed by atoms with Crippen LogP contribution in [0.4, 0.5) is 19.0 Å². The van der Waals surface area contributed by atoms with Gasteiger partial charge in [0, 0.05) is 12.2 Å². The quantitative estimate of drug-likeness (QED) is 0.910. The van der Waals surface area contributed by atoms with Gasteiger partial charge in [0.05, 0.1) is 12.2 Å². The summed E-state index contributed by atoms with van der Waals surface area (Å²) in [5.74, 6) is -0.0358. The Bertz CT molecular complexity index is 494. The molecular formula is C12H14F3N3O. The third kappa shape index (κ3) is 4.10. The Hall–Kier alpha value is -1.81. The van der Waals surface area contributed by atoms with E-state index in [0.29, 0.717) is 11.3 Å². The summed E-state index contributed by atoms with van der Waals surface area (Å²) >= 11 is 0. The van der Waals surface area contributed by atoms with Crippen LogP contribution >= 0.6 is 0 Å². The van der Waals surface area contributed by atoms with Crippen LogP contribution in [-0.4, -0.2) is 36.0 Å². The Morgan fingerprint density at radius 2 is 2.05 bits per heavy atom. The third-order valence-electron chi connectivity index (χ3n) is 2.48. The molecular weight excluding hydrogens is 259 g/mol. The van der Waals surface area contributed by atoms with E-state index in [1.807, 2.05) is 6.07 Å². The number of aliphatic hydroxyl groups is 1. The van der Waals surface area contributed by atoms with Crippen LogP contribution in [0.1, 0.15) is 16.8 Å². The number of nitrogens with zero attached hydrogens (tertiary/aromatic N) is 3. The monoisotopic (exact) mass is 273 g/mol. The molecule has 0 aliphatic rings. The molecule has 0 saturated carbocycles. The number of hydrogen-bond donors (Lipinski definition) is 1. The fourth-order valence-electron chi connectivity index (χ4n) is 1.78. The van der Waals surface area contributed by atoms with Crippen LogP contribution in [0, 0.1) is 25.2 Å². The normalized spacial score (nSPS) is 11.2. The van der Waals surface area contributed by atoms with E-state index >= 15 is 0 Å². The van der Waals surface area contributed by atoms with Gasteiger partial charge in [-0.15, -0.1) is 0 Å². The third-order valence-corrected chi connectivity index (χ3v) is 2.48. The lowest BCUT2D eigenvalue weighted by atomic mass is 10.1. The highest BCUT2D eigenvalue weighted by atomic mass is 19.4. The van der Waals surface area contributed by atoms with E-state index in [0.717, 1.165) is 4.90 Å². The van der Waals surface area contributed by atoms with E-state index in [4.69, 9.17) is 10.4 Å². The van der Waals surface area contributed by atoms with Gasteiger partial charge in [-0.2, -0.15) is 18.4 Å². The lowest BCUT2D eigenvalue weighted by Gasteiger charge is -2.25. The summed E-state index contributed by atoms with van der Waals surface area (Å²) in [5, 5.41) is 17.9. The summed E-state index contributed by atoms with van der Waals surface area (Å²) in [5.41, 5.74) is 1.19. The lowest BCUT2D eigenvalue weighted by Crippen LogP contribution is -2.37. The summed E-state index contributed by atoms with van der Waals surface area (Å²) in [6.07, 6.45) is -4.43. The first-order chi connectivity index (χ1) is 8.78. The van der Waals surface area contributed by atoms with Gasteiger partial charge in [0.25, 0.3) is 0 Å². The van der Waals surface area contributed by atoms with Crippen LogP contribution in [0.25, 0.3) is 0 Å². The van der Waals surface area contributed by atoms with Crippen molar-refractivity contribution in [2.45, 2.75) is 20.0 Å². The van der Waals surface area contributed by atoms with Gasteiger partial charge < -0.3 is 10.0 Å². The molecule has 0 saturated heterocycles. The Kier molecular flexibility index (Phi) is 4.72. The van der Waals surface area contributed by atoms with Crippen molar-refractivity contribution in [1.29, 1.82) is 5.26 Å². The number of aliphatic hydroxyl groups excluding tert-OH is 1. The van der Waals surface area contributed by atoms with E-state index in [-0.39, 0.29) is 17.9 Å². The molecule has 1 aromatic rings. The van der Waals surface area contributed by atoms with Crippen molar-refractivity contribution in [2.75, 3.05) is 24.6 Å². The maximum Gasteiger partial charge on any atom is 0.405 e. The molecule has 0 fully saturated rings. The largest absolute Gasteiger partial charge is 0.405 e. The molecule has 1 rings (SSSR count). The summed E-state index contributed by atoms with van der Waals surface area (Å²) < 4.78 is 37.6. The first kappa shape index (κ1) is 15.2. The zero-order valence-corrected chi connectivity index (χ0v) is 10.6. The van der Waals surface area contributed by atoms with E-state index in [1.165, 1.54) is 0 Å². The van der Waals surface area contributed by atoms with Gasteiger partial charge in [0.15, 0.2) is 0 Å². The maximum atomic E-state index is 12.5. The second-order valence-corrected chi connectivity index (χ2v) is 4.15. The van der Waals surface area contributed by atoms with Gasteiger partial charge in [-0.1, -0.05) is 0 Å². The number of aryl methyl sites for hydroxylation is 2. The minimum absolute atomic E-state index is 0.0358. The zero-order valence-electron chi connectivity index (χ0n) is 10.6. The number of pyridine rings is 1. The SMILES string of the molecule is Cc1cc(C)c(C#N)c(N(CCO)CC(F)(F)F)n1. The summed E-state index contributed by atoms with van der Waals surface area (Å²) in [7, 11) is 0. The van der Waals surface area contributed by atoms with E-state index in [1.54, 1.807) is 19.9 Å². The predicted octanol–water partition coefficient (Wildman–Crippen LogP) is 1.93. The topological polar surface area (TPSA) is 60.2 Å². The molecule has 0 radical (unpaired) electrons. The fourth-order valence-corrected chi connectivity index (χ4v) is 1.78. The highest BCUT2D eigenvalue weighted by Gasteiger charge is 2.32. The molecule has 19 heavy (non-hydrogen) atoms. The van der Waals surface area contributed by atoms with Crippen molar-refractivity contribution in [3.05, 3.63) is 22.9 Å². The van der Waals surface area contributed by atoms with Crippen molar-refractivity contribution in [1.82, 2.24) is 4.98 Å². The number of hydrogen-bond acceptors (Lipinski definition) is 4. The summed E-state index contributed by atoms with van der Waals surface area (Å²) in [6.45, 7) is 1.35. The average Bonchev–Trinajstić information content (AvgIpc) is 2.25. The van der Waals surface area contributed by atoms with Crippen molar-refractivity contribution in [3.63, 3.8) is 0 Å². The molecule has 7 heteroatoms. The van der Waals surface area contributed by atoms with Crippen LogP contribution in [0.5, 0.6) is 0 Å². The van der Waals surface area contributed by atoms with Gasteiger partial charge in [-0.05, 0) is 25.5 Å². The van der Waals surface area contributed by atoms with Crippen molar-refractivity contribution >= 4 is 5.82 Å². The number of anilines is 1. The van der Waals surface area contributed by atoms with Gasteiger partial charge in [-0.25, -0.2) is 4.98 Å². The Morgan fingerprint density at radius 1 is 1.42 bits per heavy atom. The Balaban J connectivity index is 3.26. The fraction of sp³-hybridized carbons (Fsp3) is 0.500. The second-order valence-electron chi connectivity index (χ2n) is 4.15. The predicted molar refractivity (Wildman–Crippen MR) is 63.8 cm³/mol. The average molecular weight is 273 g/mol. The van der Waals surface area contributed by atoms with Gasteiger partial charge in [0.2, 0.25) is 0 Å². The smallest absolute Gasteiger partial charge is 0.395 e. The standard InChI is InChI=1S/C12H14F3N3O/c1-8-5-9(2)17-11(10(8)6-16)18(3-4-19)7-12(13,14)15/h5,19H,3-4,7H2,1-2H3. The summed E-state index contributed by atoms with van der Waals surface area (Å²) in [4.78, 5) is 4.87. The van der Waals surface area contributed by atoms with Gasteiger partial charge in [0.1, 0.15) is 18.4 Å². The highest BCUT2D eigenvalue weighted by Crippen LogP contribution is 2.25. The number of rotatable bonds is 4. The minimum Gasteiger partial charge on any atom is -0.395 e. The molecule has 104 valence electrons. The lowest BCUT2D eigenvalue weighted by molar-refractivity contribution is -0.120. The number of alkyl halides is 3. The van der Waals surface area contributed by atoms with Crippen LogP contribution in [0.3, 0.4) is 0 Å². The van der Waals surface area contributed by atoms with Crippen molar-refractivity contribution < 1.29 is 18.3 Å². The molecule has 0 aliphatic heterocycles. The zero-order chi connectivity index (χ0) is 14.6. The van der Waals surface area contributed by atoms with Crippen LogP contribution in [0.2, 0.25) is 0 Å². The second kappa shape index (κ2) is 5.89. The molecule has 0 aromatic carbocycles. The number of aromatic nitrogens is 1. The molecule has 0 atom stereocenters. The Morgan fingerprint density at radius 3 is 2.53 bits per heavy atom. The summed E-state index contributed by atoms with van der Waals surface area (Å²) in [6, 6.07) is 3.49. The van der Waals surface area contributed by atoms with E-state index < -0.39 is 19.3 Å². The van der Waals surface area contributed by atoms with Crippen LogP contribution in [-0.2, 0) is 0 Å². The molecule has 0 unspecified atom stereocenters. The number of nitriles is 1. The van der Waals surface area contributed by atoms with Crippen LogP contribution in [0.15, 0.2) is 6.07 Å². The highest BCUT2D eigenvalue weighted by molar-refractivity contribution is 5.58.